The van der Waals surface area contributed by atoms with E-state index in [-0.39, 0.29) is 17.4 Å². The molecule has 1 amide bonds. The quantitative estimate of drug-likeness (QED) is 0.830. The average molecular weight is 269 g/mol. The van der Waals surface area contributed by atoms with Crippen molar-refractivity contribution >= 4 is 21.8 Å². The maximum atomic E-state index is 11.7. The van der Waals surface area contributed by atoms with Crippen LogP contribution in [-0.2, 0) is 14.6 Å². The van der Waals surface area contributed by atoms with E-state index in [2.05, 4.69) is 5.32 Å². The molecule has 18 heavy (non-hydrogen) atoms. The molecule has 6 heteroatoms. The standard InChI is InChI=1S/C12H15NO4S/c1-12(6-8-18(15,16)9-12)13-11(14)5-4-10-3-2-7-17-10/h2-5,7H,6,8-9H2,1H3,(H,13,14)/b5-4+. The molecule has 1 atom stereocenters. The second-order valence-electron chi connectivity index (χ2n) is 4.74. The van der Waals surface area contributed by atoms with E-state index in [0.717, 1.165) is 0 Å². The Hall–Kier alpha value is -1.56. The van der Waals surface area contributed by atoms with E-state index in [1.54, 1.807) is 25.1 Å². The number of carbonyl (C=O) groups excluding carboxylic acids is 1. The Balaban J connectivity index is 1.96. The van der Waals surface area contributed by atoms with Gasteiger partial charge in [-0.1, -0.05) is 0 Å². The van der Waals surface area contributed by atoms with Crippen LogP contribution in [0.15, 0.2) is 28.9 Å². The highest BCUT2D eigenvalue weighted by Crippen LogP contribution is 2.22. The average Bonchev–Trinajstić information content (AvgIpc) is 2.84. The molecule has 98 valence electrons. The van der Waals surface area contributed by atoms with E-state index >= 15 is 0 Å². The lowest BCUT2D eigenvalue weighted by Gasteiger charge is -2.22. The number of sulfone groups is 1. The summed E-state index contributed by atoms with van der Waals surface area (Å²) in [4.78, 5) is 11.7. The zero-order chi connectivity index (χ0) is 13.2. The van der Waals surface area contributed by atoms with Crippen LogP contribution in [0.4, 0.5) is 0 Å². The van der Waals surface area contributed by atoms with Crippen LogP contribution in [-0.4, -0.2) is 31.4 Å². The second kappa shape index (κ2) is 4.61. The van der Waals surface area contributed by atoms with Gasteiger partial charge in [0, 0.05) is 6.08 Å². The lowest BCUT2D eigenvalue weighted by atomic mass is 10.0. The molecule has 1 aromatic rings. The zero-order valence-corrected chi connectivity index (χ0v) is 10.9. The van der Waals surface area contributed by atoms with Crippen molar-refractivity contribution in [2.45, 2.75) is 18.9 Å². The number of furan rings is 1. The van der Waals surface area contributed by atoms with Crippen molar-refractivity contribution < 1.29 is 17.6 Å². The van der Waals surface area contributed by atoms with Crippen LogP contribution >= 0.6 is 0 Å². The normalized spacial score (nSPS) is 26.5. The van der Waals surface area contributed by atoms with Gasteiger partial charge in [-0.15, -0.1) is 0 Å². The smallest absolute Gasteiger partial charge is 0.244 e. The first-order valence-corrected chi connectivity index (χ1v) is 7.45. The zero-order valence-electron chi connectivity index (χ0n) is 10.0. The van der Waals surface area contributed by atoms with Gasteiger partial charge in [0.05, 0.1) is 23.3 Å². The van der Waals surface area contributed by atoms with Crippen LogP contribution in [0.3, 0.4) is 0 Å². The topological polar surface area (TPSA) is 76.4 Å². The minimum Gasteiger partial charge on any atom is -0.465 e. The summed E-state index contributed by atoms with van der Waals surface area (Å²) in [5, 5.41) is 2.73. The maximum Gasteiger partial charge on any atom is 0.244 e. The number of rotatable bonds is 3. The summed E-state index contributed by atoms with van der Waals surface area (Å²) in [5.74, 6) is 0.395. The van der Waals surface area contributed by atoms with Gasteiger partial charge in [0.1, 0.15) is 5.76 Å². The highest BCUT2D eigenvalue weighted by molar-refractivity contribution is 7.91. The van der Waals surface area contributed by atoms with Crippen LogP contribution in [0.25, 0.3) is 6.08 Å². The molecule has 1 aliphatic heterocycles. The van der Waals surface area contributed by atoms with Gasteiger partial charge < -0.3 is 9.73 Å². The third kappa shape index (κ3) is 3.22. The lowest BCUT2D eigenvalue weighted by molar-refractivity contribution is -0.117. The predicted molar refractivity (Wildman–Crippen MR) is 67.6 cm³/mol. The van der Waals surface area contributed by atoms with Crippen molar-refractivity contribution in [1.29, 1.82) is 0 Å². The molecule has 0 saturated carbocycles. The first kappa shape index (κ1) is 12.9. The van der Waals surface area contributed by atoms with Crippen LogP contribution in [0, 0.1) is 0 Å². The monoisotopic (exact) mass is 269 g/mol. The van der Waals surface area contributed by atoms with E-state index in [1.807, 2.05) is 0 Å². The molecule has 0 spiro atoms. The van der Waals surface area contributed by atoms with Gasteiger partial charge in [-0.25, -0.2) is 8.42 Å². The van der Waals surface area contributed by atoms with Gasteiger partial charge in [-0.05, 0) is 31.6 Å². The summed E-state index contributed by atoms with van der Waals surface area (Å²) in [5.41, 5.74) is -0.663. The third-order valence-corrected chi connectivity index (χ3v) is 4.77. The van der Waals surface area contributed by atoms with Crippen LogP contribution in [0.1, 0.15) is 19.1 Å². The maximum absolute atomic E-state index is 11.7. The lowest BCUT2D eigenvalue weighted by Crippen LogP contribution is -2.46. The highest BCUT2D eigenvalue weighted by atomic mass is 32.2. The van der Waals surface area contributed by atoms with Crippen molar-refractivity contribution in [3.8, 4) is 0 Å². The molecule has 2 heterocycles. The number of amides is 1. The molecule has 5 nitrogen and oxygen atoms in total. The van der Waals surface area contributed by atoms with E-state index in [0.29, 0.717) is 12.2 Å². The molecule has 1 aliphatic rings. The van der Waals surface area contributed by atoms with Gasteiger partial charge in [0.25, 0.3) is 0 Å². The summed E-state index contributed by atoms with van der Waals surface area (Å²) >= 11 is 0. The van der Waals surface area contributed by atoms with Gasteiger partial charge in [0.15, 0.2) is 9.84 Å². The summed E-state index contributed by atoms with van der Waals surface area (Å²) in [6.07, 6.45) is 4.86. The van der Waals surface area contributed by atoms with Crippen LogP contribution < -0.4 is 5.32 Å². The first-order chi connectivity index (χ1) is 8.39. The Kier molecular flexibility index (Phi) is 3.30. The molecule has 0 aliphatic carbocycles. The Labute approximate surface area is 106 Å². The van der Waals surface area contributed by atoms with Gasteiger partial charge in [-0.2, -0.15) is 0 Å². The van der Waals surface area contributed by atoms with Crippen molar-refractivity contribution in [3.63, 3.8) is 0 Å². The van der Waals surface area contributed by atoms with Crippen LogP contribution in [0.2, 0.25) is 0 Å². The number of nitrogens with one attached hydrogen (secondary N) is 1. The summed E-state index contributed by atoms with van der Waals surface area (Å²) in [6.45, 7) is 1.75. The fraction of sp³-hybridized carbons (Fsp3) is 0.417. The van der Waals surface area contributed by atoms with Crippen molar-refractivity contribution in [2.24, 2.45) is 0 Å². The fourth-order valence-electron chi connectivity index (χ4n) is 1.99. The minimum atomic E-state index is -3.02. The summed E-state index contributed by atoms with van der Waals surface area (Å²) < 4.78 is 27.8. The Morgan fingerprint density at radius 1 is 1.56 bits per heavy atom. The third-order valence-electron chi connectivity index (χ3n) is 2.87. The molecule has 1 N–H and O–H groups in total. The fourth-order valence-corrected chi connectivity index (χ4v) is 4.09. The van der Waals surface area contributed by atoms with Crippen molar-refractivity contribution in [1.82, 2.24) is 5.32 Å². The molecule has 1 fully saturated rings. The predicted octanol–water partition coefficient (Wildman–Crippen LogP) is 0.986. The molecule has 0 aromatic carbocycles. The van der Waals surface area contributed by atoms with E-state index in [9.17, 15) is 13.2 Å². The molecule has 1 saturated heterocycles. The van der Waals surface area contributed by atoms with Gasteiger partial charge in [0.2, 0.25) is 5.91 Å². The van der Waals surface area contributed by atoms with Gasteiger partial charge >= 0.3 is 0 Å². The number of hydrogen-bond donors (Lipinski definition) is 1. The van der Waals surface area contributed by atoms with E-state index in [1.165, 1.54) is 12.3 Å². The molecular formula is C12H15NO4S. The molecule has 0 radical (unpaired) electrons. The number of carbonyl (C=O) groups is 1. The van der Waals surface area contributed by atoms with E-state index in [4.69, 9.17) is 4.42 Å². The SMILES string of the molecule is CC1(NC(=O)/C=C/c2ccco2)CCS(=O)(=O)C1. The van der Waals surface area contributed by atoms with Crippen molar-refractivity contribution in [3.05, 3.63) is 30.2 Å². The highest BCUT2D eigenvalue weighted by Gasteiger charge is 2.38. The summed E-state index contributed by atoms with van der Waals surface area (Å²) in [7, 11) is -3.02. The molecule has 2 rings (SSSR count). The van der Waals surface area contributed by atoms with Gasteiger partial charge in [-0.3, -0.25) is 4.79 Å². The van der Waals surface area contributed by atoms with Crippen LogP contribution in [0.5, 0.6) is 0 Å². The minimum absolute atomic E-state index is 0.000329. The Morgan fingerprint density at radius 2 is 2.33 bits per heavy atom. The Morgan fingerprint density at radius 3 is 2.89 bits per heavy atom. The Bertz CT molecular complexity index is 559. The molecule has 0 bridgehead atoms. The second-order valence-corrected chi connectivity index (χ2v) is 6.92. The van der Waals surface area contributed by atoms with E-state index < -0.39 is 15.4 Å². The molecule has 1 aromatic heterocycles. The summed E-state index contributed by atoms with van der Waals surface area (Å²) in [6, 6.07) is 3.45. The molecule has 1 unspecified atom stereocenters. The molecular weight excluding hydrogens is 254 g/mol. The largest absolute Gasteiger partial charge is 0.465 e. The first-order valence-electron chi connectivity index (χ1n) is 5.63. The number of hydrogen-bond acceptors (Lipinski definition) is 4. The van der Waals surface area contributed by atoms with Crippen molar-refractivity contribution in [2.75, 3.05) is 11.5 Å².